The highest BCUT2D eigenvalue weighted by Crippen LogP contribution is 2.37. The molecule has 2 atom stereocenters. The average molecular weight is 1790 g/mol. The van der Waals surface area contributed by atoms with Crippen LogP contribution in [0, 0.1) is 13.8 Å². The lowest BCUT2D eigenvalue weighted by Gasteiger charge is -2.40. The van der Waals surface area contributed by atoms with Crippen molar-refractivity contribution in [3.05, 3.63) is 57.6 Å². The Bertz CT molecular complexity index is 1930. The van der Waals surface area contributed by atoms with E-state index in [4.69, 9.17) is 9.98 Å². The number of unbranched alkanes of at least 4 members (excludes halogenated alkanes) is 12. The zero-order chi connectivity index (χ0) is 67.4. The highest BCUT2D eigenvalue weighted by molar-refractivity contribution is 5.86. The Kier molecular flexibility index (Phi) is 59.8. The molecule has 0 heterocycles. The van der Waals surface area contributed by atoms with Crippen LogP contribution in [0.1, 0.15) is 359 Å². The molecular formula is C84H158I4N6O2. The third kappa shape index (κ3) is 36.7. The van der Waals surface area contributed by atoms with Crippen LogP contribution in [0.15, 0.2) is 34.3 Å². The maximum atomic E-state index is 12.0. The molecule has 8 nitrogen and oxygen atoms in total. The first-order valence-corrected chi connectivity index (χ1v) is 40.8. The highest BCUT2D eigenvalue weighted by Gasteiger charge is 2.32. The van der Waals surface area contributed by atoms with Gasteiger partial charge in [-0.3, -0.25) is 9.98 Å². The van der Waals surface area contributed by atoms with Crippen LogP contribution in [0.3, 0.4) is 0 Å². The predicted octanol–water partition coefficient (Wildman–Crippen LogP) is 10.7. The number of rotatable bonds is 58. The summed E-state index contributed by atoms with van der Waals surface area (Å²) in [5, 5.41) is 24.0. The minimum Gasteiger partial charge on any atom is -1.00 e. The van der Waals surface area contributed by atoms with Crippen LogP contribution in [0.4, 0.5) is 0 Å². The van der Waals surface area contributed by atoms with Crippen LogP contribution in [0.5, 0.6) is 11.5 Å². The van der Waals surface area contributed by atoms with Crippen molar-refractivity contribution in [2.75, 3.05) is 105 Å². The number of nitrogens with zero attached hydrogens (tertiary/aromatic N) is 6. The number of phenolic OH excluding ortho intramolecular Hbond substituents is 2. The molecule has 1 fully saturated rings. The molecule has 12 heteroatoms. The van der Waals surface area contributed by atoms with Gasteiger partial charge in [0, 0.05) is 23.6 Å². The third-order valence-electron chi connectivity index (χ3n) is 22.7. The summed E-state index contributed by atoms with van der Waals surface area (Å²) < 4.78 is 5.19. The van der Waals surface area contributed by atoms with E-state index in [0.29, 0.717) is 23.3 Å². The first-order valence-electron chi connectivity index (χ1n) is 40.8. The molecule has 2 N–H and O–H groups in total. The molecule has 1 saturated carbocycles. The van der Waals surface area contributed by atoms with Crippen LogP contribution >= 0.6 is 0 Å². The highest BCUT2D eigenvalue weighted by atomic mass is 127. The minimum absolute atomic E-state index is 0. The van der Waals surface area contributed by atoms with Crippen molar-refractivity contribution in [2.45, 2.75) is 352 Å². The number of aryl methyl sites for hydroxylation is 2. The smallest absolute Gasteiger partial charge is 0.127 e. The quantitative estimate of drug-likeness (QED) is 0.0394. The van der Waals surface area contributed by atoms with Gasteiger partial charge in [-0.15, -0.1) is 0 Å². The lowest BCUT2D eigenvalue weighted by atomic mass is 9.87. The van der Waals surface area contributed by atoms with Gasteiger partial charge < -0.3 is 124 Å². The summed E-state index contributed by atoms with van der Waals surface area (Å²) in [4.78, 5) is 10.9. The van der Waals surface area contributed by atoms with Gasteiger partial charge in [0.1, 0.15) is 11.5 Å². The van der Waals surface area contributed by atoms with E-state index in [1.807, 2.05) is 12.4 Å². The predicted molar refractivity (Wildman–Crippen MR) is 407 cm³/mol. The fourth-order valence-corrected chi connectivity index (χ4v) is 16.4. The summed E-state index contributed by atoms with van der Waals surface area (Å²) in [5.41, 5.74) is 6.49. The van der Waals surface area contributed by atoms with E-state index in [0.717, 1.165) is 47.9 Å². The number of benzene rings is 2. The lowest BCUT2D eigenvalue weighted by Crippen LogP contribution is -3.00. The van der Waals surface area contributed by atoms with Gasteiger partial charge in [-0.25, -0.2) is 0 Å². The Morgan fingerprint density at radius 2 is 0.510 bits per heavy atom. The topological polar surface area (TPSA) is 65.2 Å². The van der Waals surface area contributed by atoms with E-state index in [1.54, 1.807) is 0 Å². The molecule has 0 unspecified atom stereocenters. The first kappa shape index (κ1) is 98.2. The second-order valence-electron chi connectivity index (χ2n) is 30.7. The summed E-state index contributed by atoms with van der Waals surface area (Å²) in [6.07, 6.45) is 49.3. The maximum absolute atomic E-state index is 12.0. The van der Waals surface area contributed by atoms with E-state index in [9.17, 15) is 10.2 Å². The molecule has 0 radical (unpaired) electrons. The standard InChI is InChI=1S/C84H156N6O2.4HI/c1-15-27-51-87(52-28-16-2,53-29-17-3)63-41-45-75(46-42-64-88(54-30-18-4,55-31-19-5)56-32-20-6)77-67-73(13)83(91)79(69-77)71-85-81-49-39-40-50-82(81)86-72-80-70-78(68-74(14)84(80)92)76(47-43-65-89(57-33-21-7,58-34-22-8)59-35-23-9)48-44-66-90(60-36-24-10,61-37-25-11)62-38-26-12;;;;/h67-72,75-76,81-82H,15-66H2,1-14H3;4*1H/q+2;;;;/p-2/t81-,82-;;;;/m0..../s1. The van der Waals surface area contributed by atoms with Crippen LogP contribution in [0.25, 0.3) is 0 Å². The summed E-state index contributed by atoms with van der Waals surface area (Å²) >= 11 is 0. The normalized spacial score (nSPS) is 14.8. The molecule has 0 bridgehead atoms. The zero-order valence-corrected chi connectivity index (χ0v) is 74.3. The second-order valence-corrected chi connectivity index (χ2v) is 30.7. The van der Waals surface area contributed by atoms with Gasteiger partial charge in [-0.2, -0.15) is 0 Å². The van der Waals surface area contributed by atoms with Gasteiger partial charge >= 0.3 is 0 Å². The number of aromatic hydroxyl groups is 2. The number of hydrogen-bond donors (Lipinski definition) is 2. The molecule has 2 aromatic carbocycles. The second kappa shape index (κ2) is 58.4. The van der Waals surface area contributed by atoms with Crippen LogP contribution in [-0.4, -0.2) is 157 Å². The number of aliphatic imine (C=N–C) groups is 2. The van der Waals surface area contributed by atoms with Gasteiger partial charge in [0.2, 0.25) is 0 Å². The first-order chi connectivity index (χ1) is 44.6. The largest absolute Gasteiger partial charge is 1.00 e. The Balaban J connectivity index is 0. The maximum Gasteiger partial charge on any atom is 0.127 e. The molecule has 0 amide bonds. The number of hydrogen-bond acceptors (Lipinski definition) is 4. The number of quaternary nitrogens is 4. The monoisotopic (exact) mass is 1790 g/mol. The SMILES string of the molecule is CCCC[N+](CCCC)(CCCC)CCCC(CCC[N+](CCCC)(CCCC)CCCC)c1cc(C)c(O)c(C=N[C@H]2CCCC[C@@H]2N=Cc2cc(C(CCC[N+](CCCC)(CCCC)CCCC)CCC[N+](CCCC)(CCCC)CCCC)cc(C)c2O)c1.[I-].[I-].[I-].[I-]. The Morgan fingerprint density at radius 1 is 0.323 bits per heavy atom. The van der Waals surface area contributed by atoms with Gasteiger partial charge in [0.15, 0.2) is 0 Å². The molecule has 0 saturated heterocycles. The molecule has 2 aromatic rings. The van der Waals surface area contributed by atoms with Crippen molar-refractivity contribution in [3.63, 3.8) is 0 Å². The molecule has 1 aliphatic rings. The average Bonchev–Trinajstić information content (AvgIpc) is 0.859. The van der Waals surface area contributed by atoms with E-state index >= 15 is 0 Å². The molecular weight excluding hydrogens is 1630 g/mol. The summed E-state index contributed by atoms with van der Waals surface area (Å²) in [6, 6.07) is 9.45. The van der Waals surface area contributed by atoms with Gasteiger partial charge in [0.25, 0.3) is 0 Å². The van der Waals surface area contributed by atoms with Gasteiger partial charge in [0.05, 0.1) is 117 Å². The van der Waals surface area contributed by atoms with Gasteiger partial charge in [-0.05, 0) is 201 Å². The summed E-state index contributed by atoms with van der Waals surface area (Å²) in [6.45, 7) is 53.8. The number of phenols is 2. The van der Waals surface area contributed by atoms with Crippen molar-refractivity contribution in [1.29, 1.82) is 0 Å². The Hall–Kier alpha value is 0.140. The van der Waals surface area contributed by atoms with Crippen molar-refractivity contribution in [1.82, 2.24) is 0 Å². The van der Waals surface area contributed by atoms with E-state index in [-0.39, 0.29) is 108 Å². The van der Waals surface area contributed by atoms with Crippen molar-refractivity contribution < 1.29 is 124 Å². The fourth-order valence-electron chi connectivity index (χ4n) is 16.4. The van der Waals surface area contributed by atoms with E-state index < -0.39 is 0 Å². The molecule has 0 spiro atoms. The zero-order valence-electron chi connectivity index (χ0n) is 65.6. The Labute approximate surface area is 666 Å². The molecule has 0 aliphatic heterocycles. The minimum atomic E-state index is 0. The van der Waals surface area contributed by atoms with E-state index in [2.05, 4.69) is 121 Å². The van der Waals surface area contributed by atoms with Crippen molar-refractivity contribution in [3.8, 4) is 11.5 Å². The Morgan fingerprint density at radius 3 is 0.698 bits per heavy atom. The fraction of sp³-hybridized carbons (Fsp3) is 0.833. The molecule has 564 valence electrons. The van der Waals surface area contributed by atoms with Gasteiger partial charge in [-0.1, -0.05) is 185 Å². The third-order valence-corrected chi connectivity index (χ3v) is 22.7. The molecule has 0 aromatic heterocycles. The molecule has 3 rings (SSSR count). The molecule has 96 heavy (non-hydrogen) atoms. The van der Waals surface area contributed by atoms with Crippen LogP contribution in [-0.2, 0) is 0 Å². The van der Waals surface area contributed by atoms with Crippen LogP contribution < -0.4 is 95.9 Å². The summed E-state index contributed by atoms with van der Waals surface area (Å²) in [7, 11) is 0. The van der Waals surface area contributed by atoms with Crippen molar-refractivity contribution >= 4 is 12.4 Å². The lowest BCUT2D eigenvalue weighted by molar-refractivity contribution is -0.929. The van der Waals surface area contributed by atoms with Crippen molar-refractivity contribution in [2.24, 2.45) is 9.98 Å². The number of halogens is 4. The van der Waals surface area contributed by atoms with E-state index in [1.165, 1.54) is 339 Å². The summed E-state index contributed by atoms with van der Waals surface area (Å²) in [5.74, 6) is 1.65. The van der Waals surface area contributed by atoms with Crippen LogP contribution in [0.2, 0.25) is 0 Å². The molecule has 1 aliphatic carbocycles.